The van der Waals surface area contributed by atoms with Crippen molar-refractivity contribution in [3.8, 4) is 0 Å². The van der Waals surface area contributed by atoms with Crippen LogP contribution in [0.5, 0.6) is 0 Å². The fourth-order valence-electron chi connectivity index (χ4n) is 2.58. The van der Waals surface area contributed by atoms with Gasteiger partial charge < -0.3 is 5.73 Å². The Kier molecular flexibility index (Phi) is 4.39. The molecule has 1 aliphatic carbocycles. The number of hydrogen-bond acceptors (Lipinski definition) is 5. The summed E-state index contributed by atoms with van der Waals surface area (Å²) in [5, 5.41) is 12.4. The molecule has 0 saturated heterocycles. The van der Waals surface area contributed by atoms with Gasteiger partial charge in [0, 0.05) is 6.42 Å². The zero-order valence-corrected chi connectivity index (χ0v) is 13.6. The molecule has 3 N–H and O–H groups in total. The third-order valence-electron chi connectivity index (χ3n) is 3.57. The molecule has 0 aliphatic heterocycles. The normalized spacial score (nSPS) is 25.3. The minimum Gasteiger partial charge on any atom is -0.392 e. The van der Waals surface area contributed by atoms with Crippen molar-refractivity contribution in [2.45, 2.75) is 40.0 Å². The Bertz CT molecular complexity index is 520. The van der Waals surface area contributed by atoms with E-state index in [9.17, 15) is 4.79 Å². The average Bonchev–Trinajstić information content (AvgIpc) is 2.70. The maximum absolute atomic E-state index is 12.4. The van der Waals surface area contributed by atoms with Crippen molar-refractivity contribution in [1.29, 1.82) is 0 Å². The molecule has 0 radical (unpaired) electrons. The molecule has 20 heavy (non-hydrogen) atoms. The van der Waals surface area contributed by atoms with Crippen LogP contribution in [-0.2, 0) is 11.2 Å². The average molecular weight is 312 g/mol. The summed E-state index contributed by atoms with van der Waals surface area (Å²) in [6, 6.07) is 0. The van der Waals surface area contributed by atoms with E-state index in [4.69, 9.17) is 18.0 Å². The van der Waals surface area contributed by atoms with Crippen LogP contribution in [0.15, 0.2) is 0 Å². The molecule has 1 aliphatic rings. The first kappa shape index (κ1) is 15.3. The van der Waals surface area contributed by atoms with Gasteiger partial charge in [0.25, 0.3) is 0 Å². The van der Waals surface area contributed by atoms with Crippen molar-refractivity contribution < 1.29 is 4.79 Å². The molecule has 7 heteroatoms. The van der Waals surface area contributed by atoms with Crippen LogP contribution in [0.4, 0.5) is 5.13 Å². The second kappa shape index (κ2) is 5.73. The van der Waals surface area contributed by atoms with Crippen LogP contribution < -0.4 is 11.1 Å². The van der Waals surface area contributed by atoms with Crippen LogP contribution >= 0.6 is 23.6 Å². The van der Waals surface area contributed by atoms with Gasteiger partial charge in [-0.3, -0.25) is 10.1 Å². The van der Waals surface area contributed by atoms with Crippen molar-refractivity contribution in [2.75, 3.05) is 5.32 Å². The summed E-state index contributed by atoms with van der Waals surface area (Å²) in [6.07, 6.45) is 2.29. The van der Waals surface area contributed by atoms with Gasteiger partial charge in [0.1, 0.15) is 5.01 Å². The molecule has 5 nitrogen and oxygen atoms in total. The molecule has 0 atom stereocenters. The quantitative estimate of drug-likeness (QED) is 0.816. The van der Waals surface area contributed by atoms with Gasteiger partial charge in [-0.25, -0.2) is 0 Å². The highest BCUT2D eigenvalue weighted by molar-refractivity contribution is 7.80. The summed E-state index contributed by atoms with van der Waals surface area (Å²) >= 11 is 6.49. The van der Waals surface area contributed by atoms with Crippen LogP contribution in [0.1, 0.15) is 38.6 Å². The summed E-state index contributed by atoms with van der Waals surface area (Å²) < 4.78 is 0. The van der Waals surface area contributed by atoms with Gasteiger partial charge in [0.2, 0.25) is 11.0 Å². The molecular weight excluding hydrogens is 292 g/mol. The SMILES string of the molecule is CC(C)Cc1nnc(NC(=O)C2(C(N)=S)CC(C)C2)s1. The van der Waals surface area contributed by atoms with E-state index in [0.717, 1.165) is 11.4 Å². The van der Waals surface area contributed by atoms with Gasteiger partial charge in [0.05, 0.1) is 10.4 Å². The Morgan fingerprint density at radius 2 is 2.20 bits per heavy atom. The van der Waals surface area contributed by atoms with E-state index in [1.165, 1.54) is 11.3 Å². The number of rotatable bonds is 5. The van der Waals surface area contributed by atoms with Gasteiger partial charge in [-0.1, -0.05) is 44.3 Å². The van der Waals surface area contributed by atoms with Crippen LogP contribution in [0.2, 0.25) is 0 Å². The second-order valence-corrected chi connectivity index (χ2v) is 7.51. The maximum Gasteiger partial charge on any atom is 0.239 e. The first-order valence-corrected chi connectivity index (χ1v) is 7.99. The van der Waals surface area contributed by atoms with E-state index < -0.39 is 5.41 Å². The molecule has 0 spiro atoms. The van der Waals surface area contributed by atoms with Crippen molar-refractivity contribution >= 4 is 39.6 Å². The standard InChI is InChI=1S/C13H20N4OS2/c1-7(2)4-9-16-17-12(20-9)15-11(18)13(10(14)19)5-8(3)6-13/h7-8H,4-6H2,1-3H3,(H2,14,19)(H,15,17,18). The number of amides is 1. The predicted molar refractivity (Wildman–Crippen MR) is 84.7 cm³/mol. The van der Waals surface area contributed by atoms with Crippen molar-refractivity contribution in [1.82, 2.24) is 10.2 Å². The fraction of sp³-hybridized carbons (Fsp3) is 0.692. The van der Waals surface area contributed by atoms with Crippen LogP contribution in [0.25, 0.3) is 0 Å². The lowest BCUT2D eigenvalue weighted by Gasteiger charge is -2.43. The van der Waals surface area contributed by atoms with Crippen LogP contribution in [0.3, 0.4) is 0 Å². The highest BCUT2D eigenvalue weighted by atomic mass is 32.1. The molecule has 1 saturated carbocycles. The first-order valence-electron chi connectivity index (χ1n) is 6.77. The third kappa shape index (κ3) is 2.98. The van der Waals surface area contributed by atoms with Crippen LogP contribution in [0, 0.1) is 17.3 Å². The minimum atomic E-state index is -0.696. The Morgan fingerprint density at radius 3 is 2.70 bits per heavy atom. The molecule has 0 aromatic carbocycles. The van der Waals surface area contributed by atoms with E-state index in [2.05, 4.69) is 36.3 Å². The third-order valence-corrected chi connectivity index (χ3v) is 4.82. The largest absolute Gasteiger partial charge is 0.392 e. The van der Waals surface area contributed by atoms with Gasteiger partial charge >= 0.3 is 0 Å². The van der Waals surface area contributed by atoms with Gasteiger partial charge in [-0.15, -0.1) is 10.2 Å². The van der Waals surface area contributed by atoms with Crippen molar-refractivity contribution in [3.05, 3.63) is 5.01 Å². The van der Waals surface area contributed by atoms with Gasteiger partial charge in [-0.05, 0) is 24.7 Å². The molecule has 1 aromatic heterocycles. The number of aromatic nitrogens is 2. The number of thiocarbonyl (C=S) groups is 1. The van der Waals surface area contributed by atoms with Gasteiger partial charge in [-0.2, -0.15) is 0 Å². The van der Waals surface area contributed by atoms with E-state index in [1.807, 2.05) is 0 Å². The fourth-order valence-corrected chi connectivity index (χ4v) is 3.79. The smallest absolute Gasteiger partial charge is 0.239 e. The van der Waals surface area contributed by atoms with Crippen LogP contribution in [-0.4, -0.2) is 21.1 Å². The monoisotopic (exact) mass is 312 g/mol. The molecule has 1 heterocycles. The summed E-state index contributed by atoms with van der Waals surface area (Å²) in [5.74, 6) is 0.852. The number of carbonyl (C=O) groups excluding carboxylic acids is 1. The number of hydrogen-bond donors (Lipinski definition) is 2. The van der Waals surface area contributed by atoms with E-state index in [1.54, 1.807) is 0 Å². The Labute approximate surface area is 128 Å². The van der Waals surface area contributed by atoms with E-state index >= 15 is 0 Å². The second-order valence-electron chi connectivity index (χ2n) is 6.01. The van der Waals surface area contributed by atoms with Gasteiger partial charge in [0.15, 0.2) is 0 Å². The Morgan fingerprint density at radius 1 is 1.55 bits per heavy atom. The zero-order chi connectivity index (χ0) is 14.9. The molecule has 2 rings (SSSR count). The summed E-state index contributed by atoms with van der Waals surface area (Å²) in [6.45, 7) is 6.34. The molecule has 110 valence electrons. The Balaban J connectivity index is 2.04. The lowest BCUT2D eigenvalue weighted by Crippen LogP contribution is -2.53. The van der Waals surface area contributed by atoms with Crippen molar-refractivity contribution in [3.63, 3.8) is 0 Å². The molecule has 1 fully saturated rings. The number of nitrogens with two attached hydrogens (primary N) is 1. The number of nitrogens with zero attached hydrogens (tertiary/aromatic N) is 2. The highest BCUT2D eigenvalue weighted by Crippen LogP contribution is 2.46. The highest BCUT2D eigenvalue weighted by Gasteiger charge is 2.51. The molecule has 0 bridgehead atoms. The lowest BCUT2D eigenvalue weighted by atomic mass is 9.62. The zero-order valence-electron chi connectivity index (χ0n) is 12.0. The molecular formula is C13H20N4OS2. The lowest BCUT2D eigenvalue weighted by molar-refractivity contribution is -0.127. The van der Waals surface area contributed by atoms with Crippen molar-refractivity contribution in [2.24, 2.45) is 23.0 Å². The Hall–Kier alpha value is -1.08. The predicted octanol–water partition coefficient (Wildman–Crippen LogP) is 2.38. The summed E-state index contributed by atoms with van der Waals surface area (Å²) in [5.41, 5.74) is 5.06. The number of carbonyl (C=O) groups is 1. The summed E-state index contributed by atoms with van der Waals surface area (Å²) in [4.78, 5) is 12.7. The molecule has 1 amide bonds. The number of anilines is 1. The van der Waals surface area contributed by atoms with E-state index in [-0.39, 0.29) is 10.9 Å². The minimum absolute atomic E-state index is 0.143. The number of nitrogens with one attached hydrogen (secondary N) is 1. The maximum atomic E-state index is 12.4. The molecule has 1 aromatic rings. The molecule has 0 unspecified atom stereocenters. The topological polar surface area (TPSA) is 80.9 Å². The first-order chi connectivity index (χ1) is 9.33. The summed E-state index contributed by atoms with van der Waals surface area (Å²) in [7, 11) is 0. The van der Waals surface area contributed by atoms with E-state index in [0.29, 0.717) is 29.8 Å².